The number of nitro benzene ring substituents is 1. The first-order chi connectivity index (χ1) is 12.2. The maximum Gasteiger partial charge on any atom is 0.321 e. The van der Waals surface area contributed by atoms with Crippen molar-refractivity contribution in [3.8, 4) is 0 Å². The maximum absolute atomic E-state index is 10.3. The van der Waals surface area contributed by atoms with E-state index in [2.05, 4.69) is 0 Å². The van der Waals surface area contributed by atoms with Gasteiger partial charge in [-0.25, -0.2) is 0 Å². The van der Waals surface area contributed by atoms with Crippen LogP contribution in [0.2, 0.25) is 5.02 Å². The number of nitrogens with two attached hydrogens (primary N) is 3. The number of rotatable bonds is 4. The number of carbonyl (C=O) groups excluding carboxylic acids is 1. The number of benzene rings is 1. The van der Waals surface area contributed by atoms with Gasteiger partial charge >= 0.3 is 5.97 Å². The van der Waals surface area contributed by atoms with Gasteiger partial charge in [-0.1, -0.05) is 30.9 Å². The van der Waals surface area contributed by atoms with Gasteiger partial charge in [-0.2, -0.15) is 0 Å². The van der Waals surface area contributed by atoms with E-state index in [1.165, 1.54) is 44.2 Å². The van der Waals surface area contributed by atoms with Crippen molar-refractivity contribution in [2.24, 2.45) is 17.2 Å². The summed E-state index contributed by atoms with van der Waals surface area (Å²) in [5, 5.41) is 18.4. The van der Waals surface area contributed by atoms with E-state index in [0.29, 0.717) is 12.3 Å². The van der Waals surface area contributed by atoms with Crippen LogP contribution in [-0.4, -0.2) is 40.9 Å². The number of carbonyl (C=O) groups is 2. The molecule has 0 heterocycles. The summed E-state index contributed by atoms with van der Waals surface area (Å²) in [6.07, 6.45) is 7.14. The molecule has 1 aliphatic carbocycles. The van der Waals surface area contributed by atoms with Crippen molar-refractivity contribution in [2.75, 3.05) is 6.54 Å². The number of non-ortho nitro benzene ring substituents is 1. The molecule has 1 saturated carbocycles. The first-order valence-corrected chi connectivity index (χ1v) is 8.43. The second kappa shape index (κ2) is 13.2. The zero-order valence-corrected chi connectivity index (χ0v) is 15.1. The third-order valence-electron chi connectivity index (χ3n) is 3.54. The highest BCUT2D eigenvalue weighted by molar-refractivity contribution is 6.33. The van der Waals surface area contributed by atoms with Gasteiger partial charge in [0, 0.05) is 30.3 Å². The Morgan fingerprint density at radius 1 is 1.38 bits per heavy atom. The lowest BCUT2D eigenvalue weighted by Gasteiger charge is -2.15. The lowest BCUT2D eigenvalue weighted by atomic mass is 9.97. The quantitative estimate of drug-likeness (QED) is 0.342. The number of aliphatic carboxylic acids is 1. The SMILES string of the molecule is NC1CCCCC1.NCC(N)C(=O)O.O=Cc1cc([N+](=O)[O-])ccc1Cl. The van der Waals surface area contributed by atoms with Gasteiger partial charge in [-0.15, -0.1) is 0 Å². The molecule has 1 fully saturated rings. The Balaban J connectivity index is 0.000000385. The van der Waals surface area contributed by atoms with E-state index < -0.39 is 16.9 Å². The van der Waals surface area contributed by atoms with Crippen molar-refractivity contribution in [1.29, 1.82) is 0 Å². The highest BCUT2D eigenvalue weighted by atomic mass is 35.5. The summed E-state index contributed by atoms with van der Waals surface area (Å²) < 4.78 is 0. The van der Waals surface area contributed by atoms with Crippen LogP contribution >= 0.6 is 11.6 Å². The molecule has 26 heavy (non-hydrogen) atoms. The molecule has 10 heteroatoms. The fourth-order valence-electron chi connectivity index (χ4n) is 1.97. The van der Waals surface area contributed by atoms with E-state index in [9.17, 15) is 19.7 Å². The summed E-state index contributed by atoms with van der Waals surface area (Å²) in [7, 11) is 0. The van der Waals surface area contributed by atoms with Crippen LogP contribution in [0.5, 0.6) is 0 Å². The lowest BCUT2D eigenvalue weighted by molar-refractivity contribution is -0.384. The molecule has 1 aromatic carbocycles. The molecule has 2 rings (SSSR count). The average Bonchev–Trinajstić information content (AvgIpc) is 2.62. The standard InChI is InChI=1S/C7H4ClNO3.C6H13N.C3H8N2O2/c8-7-2-1-6(9(11)12)3-5(7)4-10;7-6-4-2-1-3-5-6;4-1-2(5)3(6)7/h1-4H;6H,1-5,7H2;2H,1,4-5H2,(H,6,7). The van der Waals surface area contributed by atoms with Crippen LogP contribution in [0.15, 0.2) is 18.2 Å². The predicted octanol–water partition coefficient (Wildman–Crippen LogP) is 1.70. The molecular weight excluding hydrogens is 364 g/mol. The summed E-state index contributed by atoms with van der Waals surface area (Å²) in [4.78, 5) is 29.7. The summed E-state index contributed by atoms with van der Waals surface area (Å²) in [6, 6.07) is 3.34. The van der Waals surface area contributed by atoms with Crippen LogP contribution in [0.25, 0.3) is 0 Å². The molecule has 0 aliphatic heterocycles. The predicted molar refractivity (Wildman–Crippen MR) is 99.2 cm³/mol. The zero-order chi connectivity index (χ0) is 20.1. The van der Waals surface area contributed by atoms with Crippen molar-refractivity contribution in [2.45, 2.75) is 44.2 Å². The molecule has 0 amide bonds. The summed E-state index contributed by atoms with van der Waals surface area (Å²) >= 11 is 5.55. The molecule has 1 aromatic rings. The van der Waals surface area contributed by atoms with Gasteiger partial charge in [0.15, 0.2) is 6.29 Å². The van der Waals surface area contributed by atoms with Gasteiger partial charge in [0.25, 0.3) is 5.69 Å². The molecule has 1 aliphatic rings. The first-order valence-electron chi connectivity index (χ1n) is 8.06. The molecular formula is C16H25ClN4O5. The van der Waals surface area contributed by atoms with Crippen LogP contribution in [0, 0.1) is 10.1 Å². The van der Waals surface area contributed by atoms with Gasteiger partial charge in [0.05, 0.1) is 9.95 Å². The number of halogens is 1. The van der Waals surface area contributed by atoms with Crippen LogP contribution in [-0.2, 0) is 4.79 Å². The van der Waals surface area contributed by atoms with Crippen LogP contribution in [0.1, 0.15) is 42.5 Å². The van der Waals surface area contributed by atoms with Crippen LogP contribution in [0.3, 0.4) is 0 Å². The van der Waals surface area contributed by atoms with Crippen molar-refractivity contribution >= 4 is 29.5 Å². The van der Waals surface area contributed by atoms with Gasteiger partial charge in [0.2, 0.25) is 0 Å². The first kappa shape index (κ1) is 23.9. The van der Waals surface area contributed by atoms with Crippen LogP contribution in [0.4, 0.5) is 5.69 Å². The number of carboxylic acid groups (broad SMARTS) is 1. The maximum atomic E-state index is 10.3. The van der Waals surface area contributed by atoms with E-state index >= 15 is 0 Å². The number of hydrogen-bond acceptors (Lipinski definition) is 7. The highest BCUT2D eigenvalue weighted by Gasteiger charge is 2.08. The van der Waals surface area contributed by atoms with Gasteiger partial charge in [0.1, 0.15) is 6.04 Å². The minimum atomic E-state index is -1.05. The fourth-order valence-corrected chi connectivity index (χ4v) is 2.13. The number of nitro groups is 1. The molecule has 0 bridgehead atoms. The molecule has 1 unspecified atom stereocenters. The Bertz CT molecular complexity index is 594. The zero-order valence-electron chi connectivity index (χ0n) is 14.3. The molecule has 0 spiro atoms. The molecule has 0 aromatic heterocycles. The van der Waals surface area contributed by atoms with Gasteiger partial charge < -0.3 is 22.3 Å². The van der Waals surface area contributed by atoms with Gasteiger partial charge in [-0.05, 0) is 18.9 Å². The van der Waals surface area contributed by atoms with Crippen molar-refractivity contribution in [1.82, 2.24) is 0 Å². The minimum Gasteiger partial charge on any atom is -0.480 e. The summed E-state index contributed by atoms with van der Waals surface area (Å²) in [5.74, 6) is -1.05. The molecule has 9 nitrogen and oxygen atoms in total. The lowest BCUT2D eigenvalue weighted by Crippen LogP contribution is -2.37. The smallest absolute Gasteiger partial charge is 0.321 e. The molecule has 7 N–H and O–H groups in total. The van der Waals surface area contributed by atoms with E-state index in [1.807, 2.05) is 0 Å². The van der Waals surface area contributed by atoms with Gasteiger partial charge in [-0.3, -0.25) is 19.7 Å². The topological polar surface area (TPSA) is 176 Å². The van der Waals surface area contributed by atoms with E-state index in [4.69, 9.17) is 33.9 Å². The summed E-state index contributed by atoms with van der Waals surface area (Å²) in [5.41, 5.74) is 15.4. The monoisotopic (exact) mass is 388 g/mol. The number of nitrogens with zero attached hydrogens (tertiary/aromatic N) is 1. The third-order valence-corrected chi connectivity index (χ3v) is 3.88. The highest BCUT2D eigenvalue weighted by Crippen LogP contribution is 2.20. The third kappa shape index (κ3) is 10.0. The Morgan fingerprint density at radius 3 is 2.27 bits per heavy atom. The van der Waals surface area contributed by atoms with Crippen LogP contribution < -0.4 is 17.2 Å². The largest absolute Gasteiger partial charge is 0.480 e. The Hall–Kier alpha value is -2.07. The average molecular weight is 389 g/mol. The molecule has 146 valence electrons. The molecule has 0 saturated heterocycles. The van der Waals surface area contributed by atoms with Crippen molar-refractivity contribution < 1.29 is 19.6 Å². The van der Waals surface area contributed by atoms with E-state index in [1.54, 1.807) is 0 Å². The summed E-state index contributed by atoms with van der Waals surface area (Å²) in [6.45, 7) is -0.00463. The second-order valence-corrected chi connectivity index (χ2v) is 6.07. The Labute approximate surface area is 156 Å². The molecule has 0 radical (unpaired) electrons. The second-order valence-electron chi connectivity index (χ2n) is 5.66. The minimum absolute atomic E-state index is 0.00463. The van der Waals surface area contributed by atoms with Crippen molar-refractivity contribution in [3.05, 3.63) is 38.9 Å². The van der Waals surface area contributed by atoms with Crippen molar-refractivity contribution in [3.63, 3.8) is 0 Å². The normalized spacial score (nSPS) is 14.8. The number of hydrogen-bond donors (Lipinski definition) is 4. The van der Waals surface area contributed by atoms with E-state index in [0.717, 1.165) is 6.07 Å². The Kier molecular flexibility index (Phi) is 12.1. The number of aldehydes is 1. The Morgan fingerprint density at radius 2 is 1.96 bits per heavy atom. The van der Waals surface area contributed by atoms with E-state index in [-0.39, 0.29) is 22.8 Å². The number of carboxylic acids is 1. The molecule has 1 atom stereocenters. The fraction of sp³-hybridized carbons (Fsp3) is 0.500.